The molecule has 0 aliphatic heterocycles. The maximum absolute atomic E-state index is 5.69. The number of rotatable bonds is 1. The normalized spacial score (nSPS) is 12.0. The van der Waals surface area contributed by atoms with Gasteiger partial charge in [0.05, 0.1) is 11.2 Å². The number of para-hydroxylation sites is 1. The average molecular weight is 214 g/mol. The first-order valence-electron chi connectivity index (χ1n) is 5.61. The van der Waals surface area contributed by atoms with Crippen LogP contribution in [0.3, 0.4) is 0 Å². The second kappa shape index (κ2) is 3.87. The summed E-state index contributed by atoms with van der Waals surface area (Å²) < 4.78 is 0. The molecule has 0 saturated heterocycles. The lowest BCUT2D eigenvalue weighted by atomic mass is 9.84. The van der Waals surface area contributed by atoms with Crippen LogP contribution < -0.4 is 5.73 Å². The minimum Gasteiger partial charge on any atom is -0.325 e. The van der Waals surface area contributed by atoms with Crippen LogP contribution >= 0.6 is 0 Å². The van der Waals surface area contributed by atoms with Crippen molar-refractivity contribution in [2.24, 2.45) is 5.73 Å². The molecular formula is C14H18N2. The summed E-state index contributed by atoms with van der Waals surface area (Å²) in [5.41, 5.74) is 9.13. The number of hydrogen-bond acceptors (Lipinski definition) is 2. The first-order chi connectivity index (χ1) is 7.52. The van der Waals surface area contributed by atoms with Crippen LogP contribution in [0.15, 0.2) is 30.3 Å². The van der Waals surface area contributed by atoms with Crippen molar-refractivity contribution in [3.05, 3.63) is 41.6 Å². The molecule has 1 aromatic heterocycles. The summed E-state index contributed by atoms with van der Waals surface area (Å²) in [5.74, 6) is 0. The third-order valence-electron chi connectivity index (χ3n) is 2.79. The molecule has 84 valence electrons. The summed E-state index contributed by atoms with van der Waals surface area (Å²) in [6.07, 6.45) is 0. The molecule has 0 spiro atoms. The van der Waals surface area contributed by atoms with E-state index in [1.807, 2.05) is 12.1 Å². The molecule has 0 aliphatic carbocycles. The molecule has 0 radical (unpaired) electrons. The predicted molar refractivity (Wildman–Crippen MR) is 68.3 cm³/mol. The van der Waals surface area contributed by atoms with Crippen LogP contribution in [0.5, 0.6) is 0 Å². The fourth-order valence-corrected chi connectivity index (χ4v) is 1.96. The first kappa shape index (κ1) is 11.1. The Balaban J connectivity index is 2.79. The van der Waals surface area contributed by atoms with E-state index in [-0.39, 0.29) is 5.41 Å². The van der Waals surface area contributed by atoms with Crippen molar-refractivity contribution in [2.75, 3.05) is 0 Å². The second-order valence-corrected chi connectivity index (χ2v) is 5.13. The summed E-state index contributed by atoms with van der Waals surface area (Å²) in [7, 11) is 0. The van der Waals surface area contributed by atoms with Gasteiger partial charge in [-0.05, 0) is 23.1 Å². The number of hydrogen-bond donors (Lipinski definition) is 1. The third-order valence-corrected chi connectivity index (χ3v) is 2.79. The van der Waals surface area contributed by atoms with Crippen LogP contribution in [0.4, 0.5) is 0 Å². The Hall–Kier alpha value is -1.41. The van der Waals surface area contributed by atoms with Crippen LogP contribution in [-0.2, 0) is 12.0 Å². The molecule has 0 aliphatic rings. The van der Waals surface area contributed by atoms with Crippen LogP contribution in [0.25, 0.3) is 10.9 Å². The number of fused-ring (bicyclic) bond motifs is 1. The number of benzene rings is 1. The second-order valence-electron chi connectivity index (χ2n) is 5.13. The maximum Gasteiger partial charge on any atom is 0.0708 e. The van der Waals surface area contributed by atoms with E-state index >= 15 is 0 Å². The highest BCUT2D eigenvalue weighted by Gasteiger charge is 2.17. The van der Waals surface area contributed by atoms with Gasteiger partial charge in [0.1, 0.15) is 0 Å². The summed E-state index contributed by atoms with van der Waals surface area (Å²) in [6.45, 7) is 7.15. The Kier molecular flexibility index (Phi) is 2.68. The Morgan fingerprint density at radius 3 is 2.50 bits per heavy atom. The van der Waals surface area contributed by atoms with E-state index in [1.165, 1.54) is 10.9 Å². The zero-order valence-electron chi connectivity index (χ0n) is 10.1. The van der Waals surface area contributed by atoms with Crippen molar-refractivity contribution in [1.82, 2.24) is 4.98 Å². The Labute approximate surface area is 96.5 Å². The molecule has 0 saturated carbocycles. The van der Waals surface area contributed by atoms with Gasteiger partial charge in [0, 0.05) is 11.9 Å². The summed E-state index contributed by atoms with van der Waals surface area (Å²) in [5, 5.41) is 1.23. The van der Waals surface area contributed by atoms with Crippen LogP contribution in [0, 0.1) is 0 Å². The monoisotopic (exact) mass is 214 g/mol. The SMILES string of the molecule is CC(C)(C)c1cc(CN)nc2ccccc12. The van der Waals surface area contributed by atoms with Crippen LogP contribution in [0.2, 0.25) is 0 Å². The molecule has 2 rings (SSSR count). The predicted octanol–water partition coefficient (Wildman–Crippen LogP) is 2.99. The van der Waals surface area contributed by atoms with E-state index in [1.54, 1.807) is 0 Å². The smallest absolute Gasteiger partial charge is 0.0708 e. The number of nitrogens with two attached hydrogens (primary N) is 1. The van der Waals surface area contributed by atoms with E-state index in [9.17, 15) is 0 Å². The van der Waals surface area contributed by atoms with Gasteiger partial charge in [0.25, 0.3) is 0 Å². The molecule has 0 fully saturated rings. The molecule has 2 heteroatoms. The molecule has 1 aromatic carbocycles. The van der Waals surface area contributed by atoms with E-state index in [0.717, 1.165) is 11.2 Å². The number of nitrogens with zero attached hydrogens (tertiary/aromatic N) is 1. The molecule has 0 bridgehead atoms. The standard InChI is InChI=1S/C14H18N2/c1-14(2,3)12-8-10(9-15)16-13-7-5-4-6-11(12)13/h4-8H,9,15H2,1-3H3. The Morgan fingerprint density at radius 2 is 1.88 bits per heavy atom. The highest BCUT2D eigenvalue weighted by atomic mass is 14.7. The largest absolute Gasteiger partial charge is 0.325 e. The van der Waals surface area contributed by atoms with Gasteiger partial charge in [-0.3, -0.25) is 4.98 Å². The highest BCUT2D eigenvalue weighted by molar-refractivity contribution is 5.83. The average Bonchev–Trinajstić information content (AvgIpc) is 2.26. The summed E-state index contributed by atoms with van der Waals surface area (Å²) in [4.78, 5) is 4.54. The fraction of sp³-hybridized carbons (Fsp3) is 0.357. The molecule has 16 heavy (non-hydrogen) atoms. The molecule has 2 aromatic rings. The van der Waals surface area contributed by atoms with E-state index in [2.05, 4.69) is 44.0 Å². The fourth-order valence-electron chi connectivity index (χ4n) is 1.96. The topological polar surface area (TPSA) is 38.9 Å². The van der Waals surface area contributed by atoms with E-state index < -0.39 is 0 Å². The molecule has 1 heterocycles. The number of aromatic nitrogens is 1. The van der Waals surface area contributed by atoms with Gasteiger partial charge in [-0.1, -0.05) is 39.0 Å². The molecule has 0 atom stereocenters. The van der Waals surface area contributed by atoms with Crippen molar-refractivity contribution >= 4 is 10.9 Å². The van der Waals surface area contributed by atoms with Crippen molar-refractivity contribution in [1.29, 1.82) is 0 Å². The van der Waals surface area contributed by atoms with Gasteiger partial charge in [0.2, 0.25) is 0 Å². The quantitative estimate of drug-likeness (QED) is 0.792. The van der Waals surface area contributed by atoms with Crippen molar-refractivity contribution in [3.8, 4) is 0 Å². The summed E-state index contributed by atoms with van der Waals surface area (Å²) >= 11 is 0. The van der Waals surface area contributed by atoms with Gasteiger partial charge in [-0.2, -0.15) is 0 Å². The number of pyridine rings is 1. The third kappa shape index (κ3) is 1.93. The zero-order valence-corrected chi connectivity index (χ0v) is 10.1. The van der Waals surface area contributed by atoms with Gasteiger partial charge in [-0.15, -0.1) is 0 Å². The molecule has 2 N–H and O–H groups in total. The van der Waals surface area contributed by atoms with Gasteiger partial charge in [-0.25, -0.2) is 0 Å². The lowest BCUT2D eigenvalue weighted by Crippen LogP contribution is -2.14. The Bertz CT molecular complexity index is 510. The lowest BCUT2D eigenvalue weighted by Gasteiger charge is -2.22. The van der Waals surface area contributed by atoms with Gasteiger partial charge in [0.15, 0.2) is 0 Å². The zero-order chi connectivity index (χ0) is 11.8. The van der Waals surface area contributed by atoms with Gasteiger partial charge < -0.3 is 5.73 Å². The van der Waals surface area contributed by atoms with Crippen LogP contribution in [-0.4, -0.2) is 4.98 Å². The van der Waals surface area contributed by atoms with Crippen molar-refractivity contribution in [2.45, 2.75) is 32.7 Å². The minimum atomic E-state index is 0.118. The lowest BCUT2D eigenvalue weighted by molar-refractivity contribution is 0.594. The summed E-state index contributed by atoms with van der Waals surface area (Å²) in [6, 6.07) is 10.4. The first-order valence-corrected chi connectivity index (χ1v) is 5.61. The molecule has 0 unspecified atom stereocenters. The molecule has 2 nitrogen and oxygen atoms in total. The maximum atomic E-state index is 5.69. The Morgan fingerprint density at radius 1 is 1.19 bits per heavy atom. The molecule has 0 amide bonds. The highest BCUT2D eigenvalue weighted by Crippen LogP contribution is 2.29. The minimum absolute atomic E-state index is 0.118. The van der Waals surface area contributed by atoms with Gasteiger partial charge >= 0.3 is 0 Å². The van der Waals surface area contributed by atoms with Crippen molar-refractivity contribution < 1.29 is 0 Å². The van der Waals surface area contributed by atoms with E-state index in [4.69, 9.17) is 5.73 Å². The van der Waals surface area contributed by atoms with E-state index in [0.29, 0.717) is 6.54 Å². The van der Waals surface area contributed by atoms with Crippen LogP contribution in [0.1, 0.15) is 32.0 Å². The van der Waals surface area contributed by atoms with Crippen molar-refractivity contribution in [3.63, 3.8) is 0 Å². The molecular weight excluding hydrogens is 196 g/mol.